The van der Waals surface area contributed by atoms with Gasteiger partial charge in [-0.1, -0.05) is 82.0 Å². The predicted molar refractivity (Wildman–Crippen MR) is 143 cm³/mol. The Hall–Kier alpha value is -2.36. The molecule has 2 rings (SSSR count). The number of hydrogen-bond donors (Lipinski definition) is 2. The predicted octanol–water partition coefficient (Wildman–Crippen LogP) is 6.69. The Morgan fingerprint density at radius 2 is 1.68 bits per heavy atom. The molecule has 34 heavy (non-hydrogen) atoms. The molecule has 4 nitrogen and oxygen atoms in total. The first-order valence-corrected chi connectivity index (χ1v) is 13.3. The smallest absolute Gasteiger partial charge is 0.228 e. The van der Waals surface area contributed by atoms with Crippen molar-refractivity contribution in [2.45, 2.75) is 95.9 Å². The van der Waals surface area contributed by atoms with Gasteiger partial charge in [0.1, 0.15) is 0 Å². The van der Waals surface area contributed by atoms with Crippen LogP contribution >= 0.6 is 0 Å². The van der Waals surface area contributed by atoms with E-state index in [0.717, 1.165) is 56.9 Å². The molecule has 0 bridgehead atoms. The van der Waals surface area contributed by atoms with Crippen LogP contribution in [0.4, 0.5) is 0 Å². The van der Waals surface area contributed by atoms with Crippen LogP contribution < -0.4 is 10.6 Å². The Morgan fingerprint density at radius 3 is 2.26 bits per heavy atom. The highest BCUT2D eigenvalue weighted by Gasteiger charge is 2.35. The molecular formula is C30H46N2O2. The molecule has 1 fully saturated rings. The third-order valence-electron chi connectivity index (χ3n) is 7.05. The van der Waals surface area contributed by atoms with Crippen molar-refractivity contribution in [1.29, 1.82) is 0 Å². The first-order chi connectivity index (χ1) is 16.4. The second-order valence-electron chi connectivity index (χ2n) is 10.4. The summed E-state index contributed by atoms with van der Waals surface area (Å²) < 4.78 is 0. The molecule has 0 aromatic heterocycles. The lowest BCUT2D eigenvalue weighted by atomic mass is 9.86. The van der Waals surface area contributed by atoms with Gasteiger partial charge in [-0.3, -0.25) is 9.59 Å². The van der Waals surface area contributed by atoms with E-state index < -0.39 is 0 Å². The van der Waals surface area contributed by atoms with E-state index >= 15 is 0 Å². The summed E-state index contributed by atoms with van der Waals surface area (Å²) in [6.45, 7) is 12.5. The molecule has 0 radical (unpaired) electrons. The van der Waals surface area contributed by atoms with Crippen molar-refractivity contribution in [3.8, 4) is 0 Å². The van der Waals surface area contributed by atoms with E-state index in [0.29, 0.717) is 18.9 Å². The number of carbonyl (C=O) groups is 2. The first kappa shape index (κ1) is 27.9. The van der Waals surface area contributed by atoms with Crippen LogP contribution in [0.2, 0.25) is 0 Å². The molecule has 1 saturated carbocycles. The number of hydrogen-bond acceptors (Lipinski definition) is 2. The summed E-state index contributed by atoms with van der Waals surface area (Å²) >= 11 is 0. The molecule has 188 valence electrons. The second kappa shape index (κ2) is 14.8. The van der Waals surface area contributed by atoms with Gasteiger partial charge in [-0.05, 0) is 56.4 Å². The maximum Gasteiger partial charge on any atom is 0.228 e. The molecule has 0 aliphatic heterocycles. The molecule has 4 heteroatoms. The highest BCUT2D eigenvalue weighted by atomic mass is 16.2. The van der Waals surface area contributed by atoms with Gasteiger partial charge in [-0.15, -0.1) is 13.2 Å². The second-order valence-corrected chi connectivity index (χ2v) is 10.4. The lowest BCUT2D eigenvalue weighted by molar-refractivity contribution is -0.128. The molecule has 2 unspecified atom stereocenters. The molecule has 2 atom stereocenters. The molecule has 1 aliphatic rings. The summed E-state index contributed by atoms with van der Waals surface area (Å²) in [6, 6.07) is 10.1. The third-order valence-corrected chi connectivity index (χ3v) is 7.05. The van der Waals surface area contributed by atoms with Crippen LogP contribution in [0.1, 0.15) is 96.0 Å². The van der Waals surface area contributed by atoms with Gasteiger partial charge in [-0.2, -0.15) is 0 Å². The average Bonchev–Trinajstić information content (AvgIpc) is 3.06. The minimum Gasteiger partial charge on any atom is -0.354 e. The van der Waals surface area contributed by atoms with Crippen LogP contribution in [0.15, 0.2) is 55.6 Å². The standard InChI is InChI=1S/C30H46N2O2/c1-5-7-11-19-27(25-17-12-10-13-18-25)29(34)32-30(20-14-8-9-15-21-30)23-31-28(33)26(16-6-2)22-24(3)4/h5-6,10,12-13,17-18,24,26-27H,1-2,7-9,11,14-16,19-23H2,3-4H3,(H,31,33)(H,32,34). The number of unbranched alkanes of at least 4 members (excludes halogenated alkanes) is 1. The summed E-state index contributed by atoms with van der Waals surface area (Å²) in [5.74, 6) is 0.358. The van der Waals surface area contributed by atoms with Crippen molar-refractivity contribution in [3.05, 3.63) is 61.2 Å². The molecular weight excluding hydrogens is 420 g/mol. The van der Waals surface area contributed by atoms with Crippen LogP contribution in [0.25, 0.3) is 0 Å². The van der Waals surface area contributed by atoms with Crippen molar-refractivity contribution in [2.75, 3.05) is 6.54 Å². The Bertz CT molecular complexity index is 763. The van der Waals surface area contributed by atoms with E-state index in [4.69, 9.17) is 0 Å². The molecule has 0 heterocycles. The third kappa shape index (κ3) is 9.12. The first-order valence-electron chi connectivity index (χ1n) is 13.3. The van der Waals surface area contributed by atoms with Crippen molar-refractivity contribution in [1.82, 2.24) is 10.6 Å². The minimum absolute atomic E-state index is 0.0630. The zero-order valence-electron chi connectivity index (χ0n) is 21.5. The zero-order chi connectivity index (χ0) is 24.8. The fourth-order valence-corrected chi connectivity index (χ4v) is 5.18. The van der Waals surface area contributed by atoms with Gasteiger partial charge in [0.25, 0.3) is 0 Å². The molecule has 2 N–H and O–H groups in total. The lowest BCUT2D eigenvalue weighted by Crippen LogP contribution is -2.57. The Labute approximate surface area is 207 Å². The largest absolute Gasteiger partial charge is 0.354 e. The molecule has 1 aromatic carbocycles. The van der Waals surface area contributed by atoms with Crippen molar-refractivity contribution < 1.29 is 9.59 Å². The number of carbonyl (C=O) groups excluding carboxylic acids is 2. The van der Waals surface area contributed by atoms with Gasteiger partial charge in [0.05, 0.1) is 11.5 Å². The van der Waals surface area contributed by atoms with Crippen LogP contribution in [0.3, 0.4) is 0 Å². The van der Waals surface area contributed by atoms with E-state index in [1.807, 2.05) is 42.5 Å². The van der Waals surface area contributed by atoms with E-state index in [1.54, 1.807) is 0 Å². The molecule has 1 aromatic rings. The lowest BCUT2D eigenvalue weighted by Gasteiger charge is -2.36. The summed E-state index contributed by atoms with van der Waals surface area (Å²) in [5.41, 5.74) is 0.672. The van der Waals surface area contributed by atoms with Gasteiger partial charge >= 0.3 is 0 Å². The topological polar surface area (TPSA) is 58.2 Å². The van der Waals surface area contributed by atoms with Crippen molar-refractivity contribution in [3.63, 3.8) is 0 Å². The Kier molecular flexibility index (Phi) is 12.1. The summed E-state index contributed by atoms with van der Waals surface area (Å²) in [6.07, 6.45) is 14.2. The van der Waals surface area contributed by atoms with E-state index in [9.17, 15) is 9.59 Å². The quantitative estimate of drug-likeness (QED) is 0.182. The summed E-state index contributed by atoms with van der Waals surface area (Å²) in [5, 5.41) is 6.70. The van der Waals surface area contributed by atoms with Crippen molar-refractivity contribution >= 4 is 11.8 Å². The van der Waals surface area contributed by atoms with E-state index in [1.165, 1.54) is 12.8 Å². The number of amides is 2. The summed E-state index contributed by atoms with van der Waals surface area (Å²) in [4.78, 5) is 26.8. The molecule has 0 spiro atoms. The van der Waals surface area contributed by atoms with Gasteiger partial charge in [-0.25, -0.2) is 0 Å². The number of nitrogens with one attached hydrogen (secondary N) is 2. The minimum atomic E-state index is -0.384. The highest BCUT2D eigenvalue weighted by molar-refractivity contribution is 5.84. The van der Waals surface area contributed by atoms with E-state index in [-0.39, 0.29) is 29.2 Å². The van der Waals surface area contributed by atoms with Gasteiger partial charge < -0.3 is 10.6 Å². The molecule has 0 saturated heterocycles. The maximum absolute atomic E-state index is 13.7. The number of allylic oxidation sites excluding steroid dienone is 2. The number of benzene rings is 1. The average molecular weight is 467 g/mol. The summed E-state index contributed by atoms with van der Waals surface area (Å²) in [7, 11) is 0. The maximum atomic E-state index is 13.7. The Morgan fingerprint density at radius 1 is 1.00 bits per heavy atom. The molecule has 2 amide bonds. The van der Waals surface area contributed by atoms with Gasteiger partial charge in [0, 0.05) is 12.5 Å². The normalized spacial score (nSPS) is 17.3. The van der Waals surface area contributed by atoms with Crippen LogP contribution in [0, 0.1) is 11.8 Å². The molecule has 1 aliphatic carbocycles. The monoisotopic (exact) mass is 466 g/mol. The van der Waals surface area contributed by atoms with Gasteiger partial charge in [0.2, 0.25) is 11.8 Å². The van der Waals surface area contributed by atoms with E-state index in [2.05, 4.69) is 37.6 Å². The highest BCUT2D eigenvalue weighted by Crippen LogP contribution is 2.30. The van der Waals surface area contributed by atoms with Crippen LogP contribution in [-0.2, 0) is 9.59 Å². The van der Waals surface area contributed by atoms with Gasteiger partial charge in [0.15, 0.2) is 0 Å². The fourth-order valence-electron chi connectivity index (χ4n) is 5.18. The zero-order valence-corrected chi connectivity index (χ0v) is 21.5. The number of rotatable bonds is 14. The van der Waals surface area contributed by atoms with Crippen LogP contribution in [-0.4, -0.2) is 23.9 Å². The van der Waals surface area contributed by atoms with Crippen molar-refractivity contribution in [2.24, 2.45) is 11.8 Å². The Balaban J connectivity index is 2.17. The SMILES string of the molecule is C=CCCCC(C(=O)NC1(CNC(=O)C(CC=C)CC(C)C)CCCCCC1)c1ccccc1. The fraction of sp³-hybridized carbons (Fsp3) is 0.600. The van der Waals surface area contributed by atoms with Crippen LogP contribution in [0.5, 0.6) is 0 Å².